The molecule has 21 heavy (non-hydrogen) atoms. The van der Waals surface area contributed by atoms with Gasteiger partial charge in [-0.05, 0) is 42.8 Å². The number of para-hydroxylation sites is 1. The zero-order chi connectivity index (χ0) is 15.2. The van der Waals surface area contributed by atoms with Gasteiger partial charge in [-0.3, -0.25) is 4.79 Å². The zero-order valence-corrected chi connectivity index (χ0v) is 13.3. The lowest BCUT2D eigenvalue weighted by Crippen LogP contribution is -2.31. The summed E-state index contributed by atoms with van der Waals surface area (Å²) in [6, 6.07) is 17.0. The first kappa shape index (κ1) is 15.3. The molecule has 0 saturated heterocycles. The predicted molar refractivity (Wildman–Crippen MR) is 87.2 cm³/mol. The van der Waals surface area contributed by atoms with Crippen LogP contribution < -0.4 is 4.90 Å². The number of benzene rings is 2. The van der Waals surface area contributed by atoms with E-state index in [1.165, 1.54) is 0 Å². The van der Waals surface area contributed by atoms with Gasteiger partial charge in [-0.1, -0.05) is 34.1 Å². The maximum Gasteiger partial charge on any atom is 0.258 e. The first-order valence-corrected chi connectivity index (χ1v) is 7.43. The maximum absolute atomic E-state index is 12.7. The quantitative estimate of drug-likeness (QED) is 0.830. The molecule has 0 N–H and O–H groups in total. The van der Waals surface area contributed by atoms with Crippen LogP contribution in [-0.2, 0) is 0 Å². The number of hydrogen-bond acceptors (Lipinski definition) is 2. The molecule has 2 aromatic carbocycles. The molecule has 3 nitrogen and oxygen atoms in total. The Hall–Kier alpha value is -2.12. The summed E-state index contributed by atoms with van der Waals surface area (Å²) in [5, 5.41) is 8.80. The van der Waals surface area contributed by atoms with E-state index in [4.69, 9.17) is 5.26 Å². The molecule has 4 heteroatoms. The van der Waals surface area contributed by atoms with E-state index in [1.54, 1.807) is 11.0 Å². The fraction of sp³-hybridized carbons (Fsp3) is 0.176. The summed E-state index contributed by atoms with van der Waals surface area (Å²) in [7, 11) is 0. The van der Waals surface area contributed by atoms with Gasteiger partial charge >= 0.3 is 0 Å². The summed E-state index contributed by atoms with van der Waals surface area (Å²) in [6.07, 6.45) is 0.302. The average Bonchev–Trinajstić information content (AvgIpc) is 2.51. The van der Waals surface area contributed by atoms with E-state index in [0.717, 1.165) is 15.7 Å². The fourth-order valence-corrected chi connectivity index (χ4v) is 2.30. The first-order chi connectivity index (χ1) is 10.1. The van der Waals surface area contributed by atoms with Gasteiger partial charge in [-0.25, -0.2) is 0 Å². The number of rotatable bonds is 4. The van der Waals surface area contributed by atoms with E-state index in [2.05, 4.69) is 22.0 Å². The molecule has 0 saturated carbocycles. The van der Waals surface area contributed by atoms with Crippen molar-refractivity contribution in [3.05, 3.63) is 64.1 Å². The highest BCUT2D eigenvalue weighted by Crippen LogP contribution is 2.21. The third-order valence-electron chi connectivity index (χ3n) is 3.17. The van der Waals surface area contributed by atoms with Gasteiger partial charge < -0.3 is 4.90 Å². The van der Waals surface area contributed by atoms with Crippen molar-refractivity contribution in [3.63, 3.8) is 0 Å². The number of carbonyl (C=O) groups is 1. The van der Waals surface area contributed by atoms with Gasteiger partial charge in [-0.2, -0.15) is 5.26 Å². The van der Waals surface area contributed by atoms with Crippen molar-refractivity contribution in [2.24, 2.45) is 0 Å². The number of amides is 1. The lowest BCUT2D eigenvalue weighted by Gasteiger charge is -2.22. The van der Waals surface area contributed by atoms with Crippen LogP contribution in [0, 0.1) is 18.3 Å². The predicted octanol–water partition coefficient (Wildman–Crippen LogP) is 4.32. The van der Waals surface area contributed by atoms with Crippen LogP contribution in [0.15, 0.2) is 53.0 Å². The van der Waals surface area contributed by atoms with Crippen LogP contribution >= 0.6 is 15.9 Å². The second-order valence-corrected chi connectivity index (χ2v) is 5.52. The van der Waals surface area contributed by atoms with Crippen molar-refractivity contribution in [2.75, 3.05) is 11.4 Å². The molecular formula is C17H15BrN2O. The van der Waals surface area contributed by atoms with Crippen molar-refractivity contribution in [2.45, 2.75) is 13.3 Å². The molecule has 1 amide bonds. The minimum Gasteiger partial charge on any atom is -0.307 e. The summed E-state index contributed by atoms with van der Waals surface area (Å²) >= 11 is 3.43. The van der Waals surface area contributed by atoms with Gasteiger partial charge in [-0.15, -0.1) is 0 Å². The molecule has 0 radical (unpaired) electrons. The van der Waals surface area contributed by atoms with E-state index in [1.807, 2.05) is 49.4 Å². The molecule has 0 aliphatic carbocycles. The molecule has 0 heterocycles. The van der Waals surface area contributed by atoms with Crippen LogP contribution in [0.2, 0.25) is 0 Å². The summed E-state index contributed by atoms with van der Waals surface area (Å²) in [5.74, 6) is -0.0907. The van der Waals surface area contributed by atoms with E-state index in [0.29, 0.717) is 18.5 Å². The molecule has 106 valence electrons. The van der Waals surface area contributed by atoms with Crippen molar-refractivity contribution >= 4 is 27.5 Å². The number of nitrogens with zero attached hydrogens (tertiary/aromatic N) is 2. The topological polar surface area (TPSA) is 44.1 Å². The van der Waals surface area contributed by atoms with Gasteiger partial charge in [0.05, 0.1) is 12.5 Å². The Bertz CT molecular complexity index is 677. The van der Waals surface area contributed by atoms with Crippen molar-refractivity contribution < 1.29 is 4.79 Å². The van der Waals surface area contributed by atoms with E-state index >= 15 is 0 Å². The van der Waals surface area contributed by atoms with Gasteiger partial charge in [0.2, 0.25) is 0 Å². The molecular weight excluding hydrogens is 328 g/mol. The minimum atomic E-state index is -0.0907. The second-order valence-electron chi connectivity index (χ2n) is 4.66. The Labute approximate surface area is 132 Å². The Morgan fingerprint density at radius 1 is 1.24 bits per heavy atom. The minimum absolute atomic E-state index is 0.0907. The summed E-state index contributed by atoms with van der Waals surface area (Å²) < 4.78 is 0.974. The molecule has 0 spiro atoms. The first-order valence-electron chi connectivity index (χ1n) is 6.63. The largest absolute Gasteiger partial charge is 0.307 e. The SMILES string of the molecule is Cc1cc(C(=O)N(CCC#N)c2ccccc2)ccc1Br. The van der Waals surface area contributed by atoms with E-state index in [9.17, 15) is 4.79 Å². The average molecular weight is 343 g/mol. The Morgan fingerprint density at radius 3 is 2.57 bits per heavy atom. The van der Waals surface area contributed by atoms with Crippen LogP contribution in [0.3, 0.4) is 0 Å². The monoisotopic (exact) mass is 342 g/mol. The maximum atomic E-state index is 12.7. The van der Waals surface area contributed by atoms with Gasteiger partial charge in [0.25, 0.3) is 5.91 Å². The van der Waals surface area contributed by atoms with Crippen LogP contribution in [0.4, 0.5) is 5.69 Å². The Kier molecular flexibility index (Phi) is 5.13. The molecule has 0 atom stereocenters. The molecule has 0 aromatic heterocycles. The zero-order valence-electron chi connectivity index (χ0n) is 11.7. The fourth-order valence-electron chi connectivity index (χ4n) is 2.05. The van der Waals surface area contributed by atoms with Gasteiger partial charge in [0, 0.05) is 22.3 Å². The number of halogens is 1. The smallest absolute Gasteiger partial charge is 0.258 e. The Morgan fingerprint density at radius 2 is 1.95 bits per heavy atom. The standard InChI is InChI=1S/C17H15BrN2O/c1-13-12-14(8-9-16(13)18)17(21)20(11-5-10-19)15-6-3-2-4-7-15/h2-4,6-9,12H,5,11H2,1H3. The number of carbonyl (C=O) groups excluding carboxylic acids is 1. The van der Waals surface area contributed by atoms with Gasteiger partial charge in [0.1, 0.15) is 0 Å². The highest BCUT2D eigenvalue weighted by molar-refractivity contribution is 9.10. The lowest BCUT2D eigenvalue weighted by molar-refractivity contribution is 0.0987. The highest BCUT2D eigenvalue weighted by atomic mass is 79.9. The van der Waals surface area contributed by atoms with Crippen LogP contribution in [0.5, 0.6) is 0 Å². The molecule has 0 bridgehead atoms. The van der Waals surface area contributed by atoms with Crippen LogP contribution in [-0.4, -0.2) is 12.5 Å². The third kappa shape index (κ3) is 3.71. The highest BCUT2D eigenvalue weighted by Gasteiger charge is 2.17. The molecule has 0 aliphatic heterocycles. The summed E-state index contributed by atoms with van der Waals surface area (Å²) in [4.78, 5) is 14.4. The summed E-state index contributed by atoms with van der Waals surface area (Å²) in [5.41, 5.74) is 2.44. The normalized spacial score (nSPS) is 9.95. The van der Waals surface area contributed by atoms with Gasteiger partial charge in [0.15, 0.2) is 0 Å². The van der Waals surface area contributed by atoms with E-state index < -0.39 is 0 Å². The second kappa shape index (κ2) is 7.05. The van der Waals surface area contributed by atoms with Crippen LogP contribution in [0.1, 0.15) is 22.3 Å². The van der Waals surface area contributed by atoms with E-state index in [-0.39, 0.29) is 5.91 Å². The number of aryl methyl sites for hydroxylation is 1. The molecule has 0 fully saturated rings. The number of nitriles is 1. The third-order valence-corrected chi connectivity index (χ3v) is 4.05. The lowest BCUT2D eigenvalue weighted by atomic mass is 10.1. The van der Waals surface area contributed by atoms with Crippen LogP contribution in [0.25, 0.3) is 0 Å². The Balaban J connectivity index is 2.34. The number of hydrogen-bond donors (Lipinski definition) is 0. The molecule has 0 unspecified atom stereocenters. The van der Waals surface area contributed by atoms with Crippen molar-refractivity contribution in [1.29, 1.82) is 5.26 Å². The van der Waals surface area contributed by atoms with Crippen molar-refractivity contribution in [1.82, 2.24) is 0 Å². The number of anilines is 1. The summed E-state index contributed by atoms with van der Waals surface area (Å²) in [6.45, 7) is 2.33. The molecule has 2 aromatic rings. The van der Waals surface area contributed by atoms with Crippen molar-refractivity contribution in [3.8, 4) is 6.07 Å². The molecule has 0 aliphatic rings. The molecule has 2 rings (SSSR count).